The maximum Gasteiger partial charge on any atom is 0.0233 e. The molecule has 98 valence electrons. The largest absolute Gasteiger partial charge is 0.314 e. The number of hydrogen-bond donors (Lipinski definition) is 1. The predicted octanol–water partition coefficient (Wildman–Crippen LogP) is 2.59. The highest BCUT2D eigenvalue weighted by Gasteiger charge is 2.32. The summed E-state index contributed by atoms with van der Waals surface area (Å²) in [4.78, 5) is 3.99. The van der Waals surface area contributed by atoms with Crippen LogP contribution in [0, 0.1) is 5.92 Å². The Morgan fingerprint density at radius 1 is 1.28 bits per heavy atom. The van der Waals surface area contributed by atoms with Crippen LogP contribution in [-0.2, 0) is 6.54 Å². The van der Waals surface area contributed by atoms with Gasteiger partial charge in [0, 0.05) is 24.0 Å². The van der Waals surface area contributed by atoms with Gasteiger partial charge in [-0.2, -0.15) is 0 Å². The Morgan fingerprint density at radius 2 is 2.11 bits per heavy atom. The second-order valence-electron chi connectivity index (χ2n) is 5.48. The van der Waals surface area contributed by atoms with Gasteiger partial charge < -0.3 is 5.32 Å². The molecular formula is C15H22N2S. The van der Waals surface area contributed by atoms with Gasteiger partial charge in [-0.05, 0) is 55.8 Å². The molecule has 1 aromatic rings. The summed E-state index contributed by atoms with van der Waals surface area (Å²) in [5.74, 6) is 0.893. The average molecular weight is 262 g/mol. The van der Waals surface area contributed by atoms with Crippen LogP contribution in [0.1, 0.15) is 18.4 Å². The first-order valence-corrected chi connectivity index (χ1v) is 8.16. The van der Waals surface area contributed by atoms with Gasteiger partial charge >= 0.3 is 0 Å². The molecule has 0 radical (unpaired) electrons. The normalized spacial score (nSPS) is 28.3. The first-order chi connectivity index (χ1) is 8.85. The number of thioether (sulfide) groups is 1. The molecule has 18 heavy (non-hydrogen) atoms. The molecule has 2 aliphatic heterocycles. The van der Waals surface area contributed by atoms with E-state index in [0.717, 1.165) is 18.5 Å². The standard InChI is InChI=1S/C15H22N2S/c1-18-14-4-2-12(3-5-14)10-17-9-7-15-13(11-17)6-8-16-15/h2-5,13,15-16H,6-11H2,1H3. The number of rotatable bonds is 3. The molecule has 3 heteroatoms. The van der Waals surface area contributed by atoms with Crippen molar-refractivity contribution in [3.05, 3.63) is 29.8 Å². The zero-order valence-corrected chi connectivity index (χ0v) is 11.9. The summed E-state index contributed by atoms with van der Waals surface area (Å²) in [5, 5.41) is 3.63. The Morgan fingerprint density at radius 3 is 2.89 bits per heavy atom. The van der Waals surface area contributed by atoms with Crippen molar-refractivity contribution in [3.63, 3.8) is 0 Å². The Bertz CT molecular complexity index is 390. The summed E-state index contributed by atoms with van der Waals surface area (Å²) < 4.78 is 0. The van der Waals surface area contributed by atoms with Crippen molar-refractivity contribution in [2.75, 3.05) is 25.9 Å². The Labute approximate surface area is 114 Å². The molecule has 2 heterocycles. The summed E-state index contributed by atoms with van der Waals surface area (Å²) in [5.41, 5.74) is 1.46. The van der Waals surface area contributed by atoms with Crippen LogP contribution in [0.25, 0.3) is 0 Å². The average Bonchev–Trinajstić information content (AvgIpc) is 2.87. The number of piperidine rings is 1. The number of likely N-dealkylation sites (tertiary alicyclic amines) is 1. The smallest absolute Gasteiger partial charge is 0.0233 e. The molecule has 2 fully saturated rings. The lowest BCUT2D eigenvalue weighted by Gasteiger charge is -2.34. The summed E-state index contributed by atoms with van der Waals surface area (Å²) in [6.07, 6.45) is 4.83. The Balaban J connectivity index is 1.58. The van der Waals surface area contributed by atoms with Crippen LogP contribution in [0.15, 0.2) is 29.2 Å². The van der Waals surface area contributed by atoms with Crippen molar-refractivity contribution in [3.8, 4) is 0 Å². The zero-order valence-electron chi connectivity index (χ0n) is 11.1. The minimum absolute atomic E-state index is 0.806. The van der Waals surface area contributed by atoms with Crippen molar-refractivity contribution < 1.29 is 0 Å². The van der Waals surface area contributed by atoms with Crippen LogP contribution in [0.4, 0.5) is 0 Å². The molecule has 2 atom stereocenters. The van der Waals surface area contributed by atoms with Gasteiger partial charge in [0.05, 0.1) is 0 Å². The molecule has 1 N–H and O–H groups in total. The molecule has 2 nitrogen and oxygen atoms in total. The Hall–Kier alpha value is -0.510. The monoisotopic (exact) mass is 262 g/mol. The van der Waals surface area contributed by atoms with E-state index in [2.05, 4.69) is 40.7 Å². The highest BCUT2D eigenvalue weighted by atomic mass is 32.2. The van der Waals surface area contributed by atoms with E-state index in [9.17, 15) is 0 Å². The topological polar surface area (TPSA) is 15.3 Å². The van der Waals surface area contributed by atoms with E-state index in [0.29, 0.717) is 0 Å². The molecule has 0 aromatic heterocycles. The van der Waals surface area contributed by atoms with E-state index >= 15 is 0 Å². The fraction of sp³-hybridized carbons (Fsp3) is 0.600. The summed E-state index contributed by atoms with van der Waals surface area (Å²) >= 11 is 1.81. The SMILES string of the molecule is CSc1ccc(CN2CCC3NCCC3C2)cc1. The zero-order chi connectivity index (χ0) is 12.4. The minimum Gasteiger partial charge on any atom is -0.314 e. The molecule has 0 spiro atoms. The highest BCUT2D eigenvalue weighted by molar-refractivity contribution is 7.98. The first kappa shape index (κ1) is 12.5. The van der Waals surface area contributed by atoms with E-state index in [-0.39, 0.29) is 0 Å². The lowest BCUT2D eigenvalue weighted by molar-refractivity contribution is 0.156. The fourth-order valence-corrected chi connectivity index (χ4v) is 3.66. The maximum atomic E-state index is 3.63. The second kappa shape index (κ2) is 5.64. The third-order valence-corrected chi connectivity index (χ3v) is 5.05. The fourth-order valence-electron chi connectivity index (χ4n) is 3.26. The van der Waals surface area contributed by atoms with Gasteiger partial charge in [-0.15, -0.1) is 11.8 Å². The summed E-state index contributed by atoms with van der Waals surface area (Å²) in [6.45, 7) is 4.88. The van der Waals surface area contributed by atoms with Gasteiger partial charge in [0.2, 0.25) is 0 Å². The number of benzene rings is 1. The van der Waals surface area contributed by atoms with Gasteiger partial charge in [-0.3, -0.25) is 4.90 Å². The third-order valence-electron chi connectivity index (χ3n) is 4.30. The molecule has 1 aromatic carbocycles. The number of nitrogens with one attached hydrogen (secondary N) is 1. The van der Waals surface area contributed by atoms with Gasteiger partial charge in [0.15, 0.2) is 0 Å². The second-order valence-corrected chi connectivity index (χ2v) is 6.36. The minimum atomic E-state index is 0.806. The lowest BCUT2D eigenvalue weighted by atomic mass is 9.93. The van der Waals surface area contributed by atoms with E-state index in [4.69, 9.17) is 0 Å². The molecule has 2 aliphatic rings. The summed E-state index contributed by atoms with van der Waals surface area (Å²) in [7, 11) is 0. The van der Waals surface area contributed by atoms with Gasteiger partial charge in [0.25, 0.3) is 0 Å². The quantitative estimate of drug-likeness (QED) is 0.843. The van der Waals surface area contributed by atoms with Crippen LogP contribution < -0.4 is 5.32 Å². The summed E-state index contributed by atoms with van der Waals surface area (Å²) in [6, 6.07) is 9.85. The van der Waals surface area contributed by atoms with E-state index in [1.165, 1.54) is 42.9 Å². The third kappa shape index (κ3) is 2.73. The van der Waals surface area contributed by atoms with Crippen molar-refractivity contribution in [2.45, 2.75) is 30.3 Å². The molecule has 3 rings (SSSR count). The van der Waals surface area contributed by atoms with Crippen LogP contribution in [0.5, 0.6) is 0 Å². The van der Waals surface area contributed by atoms with Crippen LogP contribution in [-0.4, -0.2) is 36.8 Å². The Kier molecular flexibility index (Phi) is 3.92. The van der Waals surface area contributed by atoms with Crippen molar-refractivity contribution >= 4 is 11.8 Å². The van der Waals surface area contributed by atoms with E-state index in [1.807, 2.05) is 11.8 Å². The molecule has 0 aliphatic carbocycles. The molecule has 0 bridgehead atoms. The van der Waals surface area contributed by atoms with Crippen molar-refractivity contribution in [1.82, 2.24) is 10.2 Å². The highest BCUT2D eigenvalue weighted by Crippen LogP contribution is 2.25. The maximum absolute atomic E-state index is 3.63. The lowest BCUT2D eigenvalue weighted by Crippen LogP contribution is -2.43. The van der Waals surface area contributed by atoms with Crippen molar-refractivity contribution in [1.29, 1.82) is 0 Å². The van der Waals surface area contributed by atoms with Crippen LogP contribution in [0.2, 0.25) is 0 Å². The van der Waals surface area contributed by atoms with Gasteiger partial charge in [-0.25, -0.2) is 0 Å². The van der Waals surface area contributed by atoms with Gasteiger partial charge in [0.1, 0.15) is 0 Å². The number of fused-ring (bicyclic) bond motifs is 1. The predicted molar refractivity (Wildman–Crippen MR) is 78.0 cm³/mol. The number of nitrogens with zero attached hydrogens (tertiary/aromatic N) is 1. The molecule has 0 saturated carbocycles. The number of hydrogen-bond acceptors (Lipinski definition) is 3. The molecule has 2 unspecified atom stereocenters. The van der Waals surface area contributed by atoms with E-state index < -0.39 is 0 Å². The van der Waals surface area contributed by atoms with E-state index in [1.54, 1.807) is 0 Å². The van der Waals surface area contributed by atoms with Crippen LogP contribution in [0.3, 0.4) is 0 Å². The molecule has 2 saturated heterocycles. The van der Waals surface area contributed by atoms with Gasteiger partial charge in [-0.1, -0.05) is 12.1 Å². The first-order valence-electron chi connectivity index (χ1n) is 6.94. The van der Waals surface area contributed by atoms with Crippen LogP contribution >= 0.6 is 11.8 Å². The molecular weight excluding hydrogens is 240 g/mol. The van der Waals surface area contributed by atoms with Crippen molar-refractivity contribution in [2.24, 2.45) is 5.92 Å². The molecule has 0 amide bonds.